The lowest BCUT2D eigenvalue weighted by Gasteiger charge is -2.37. The summed E-state index contributed by atoms with van der Waals surface area (Å²) < 4.78 is 9.70. The average Bonchev–Trinajstić information content (AvgIpc) is 3.96. The number of nitrogens with zero attached hydrogens (tertiary/aromatic N) is 4. The van der Waals surface area contributed by atoms with Crippen LogP contribution in [0.1, 0.15) is 101 Å². The van der Waals surface area contributed by atoms with Crippen LogP contribution < -0.4 is 10.6 Å². The summed E-state index contributed by atoms with van der Waals surface area (Å²) in [6.07, 6.45) is 6.51. The van der Waals surface area contributed by atoms with Gasteiger partial charge in [-0.15, -0.1) is 0 Å². The van der Waals surface area contributed by atoms with Crippen molar-refractivity contribution in [1.29, 1.82) is 0 Å². The Morgan fingerprint density at radius 2 is 1.41 bits per heavy atom. The van der Waals surface area contributed by atoms with Crippen molar-refractivity contribution in [2.24, 2.45) is 23.2 Å². The van der Waals surface area contributed by atoms with Crippen molar-refractivity contribution in [2.75, 3.05) is 20.8 Å². The van der Waals surface area contributed by atoms with Crippen LogP contribution in [0.3, 0.4) is 0 Å². The van der Waals surface area contributed by atoms with Crippen LogP contribution in [0, 0.1) is 23.2 Å². The van der Waals surface area contributed by atoms with Gasteiger partial charge in [0.15, 0.2) is 0 Å². The number of carbonyl (C=O) groups excluding carboxylic acids is 4. The fourth-order valence-electron chi connectivity index (χ4n) is 11.0. The molecule has 14 heteroatoms. The van der Waals surface area contributed by atoms with Gasteiger partial charge in [0.05, 0.1) is 49.2 Å². The van der Waals surface area contributed by atoms with E-state index in [2.05, 4.69) is 75.7 Å². The molecule has 4 heterocycles. The molecule has 2 aromatic heterocycles. The van der Waals surface area contributed by atoms with E-state index in [0.717, 1.165) is 111 Å². The van der Waals surface area contributed by atoms with Crippen molar-refractivity contribution in [3.05, 3.63) is 90.1 Å². The average molecular weight is 865 g/mol. The van der Waals surface area contributed by atoms with Crippen molar-refractivity contribution in [3.63, 3.8) is 0 Å². The number of hydrogen-bond acceptors (Lipinski definition) is 8. The Morgan fingerprint density at radius 1 is 0.781 bits per heavy atom. The van der Waals surface area contributed by atoms with Gasteiger partial charge in [0.25, 0.3) is 0 Å². The second kappa shape index (κ2) is 15.7. The van der Waals surface area contributed by atoms with Crippen LogP contribution in [-0.2, 0) is 19.1 Å². The minimum atomic E-state index is -0.700. The fourth-order valence-corrected chi connectivity index (χ4v) is 11.0. The zero-order valence-electron chi connectivity index (χ0n) is 37.3. The molecule has 2 saturated heterocycles. The molecular weight excluding hydrogens is 809 g/mol. The molecule has 332 valence electrons. The van der Waals surface area contributed by atoms with E-state index in [9.17, 15) is 19.2 Å². The van der Waals surface area contributed by atoms with Crippen LogP contribution in [0.5, 0.6) is 0 Å². The largest absolute Gasteiger partial charge is 0.453 e. The first-order valence-corrected chi connectivity index (χ1v) is 22.6. The molecule has 3 aromatic carbocycles. The third-order valence-electron chi connectivity index (χ3n) is 14.7. The van der Waals surface area contributed by atoms with E-state index in [1.54, 1.807) is 0 Å². The van der Waals surface area contributed by atoms with Crippen molar-refractivity contribution < 1.29 is 28.7 Å². The lowest BCUT2D eigenvalue weighted by atomic mass is 9.95. The number of fused-ring (bicyclic) bond motifs is 6. The zero-order chi connectivity index (χ0) is 44.8. The van der Waals surface area contributed by atoms with Crippen LogP contribution >= 0.6 is 0 Å². The summed E-state index contributed by atoms with van der Waals surface area (Å²) >= 11 is 0. The first-order chi connectivity index (χ1) is 30.8. The molecule has 6 atom stereocenters. The highest BCUT2D eigenvalue weighted by Crippen LogP contribution is 2.58. The normalized spacial score (nSPS) is 22.3. The number of H-pyrrole nitrogens is 2. The second-order valence-electron chi connectivity index (χ2n) is 19.4. The molecule has 3 aliphatic carbocycles. The number of benzene rings is 3. The number of likely N-dealkylation sites (tertiary alicyclic amines) is 2. The lowest BCUT2D eigenvalue weighted by molar-refractivity contribution is -0.139. The predicted octanol–water partition coefficient (Wildman–Crippen LogP) is 8.53. The lowest BCUT2D eigenvalue weighted by Crippen LogP contribution is -2.54. The number of imidazole rings is 2. The van der Waals surface area contributed by atoms with E-state index < -0.39 is 24.3 Å². The van der Waals surface area contributed by atoms with E-state index in [-0.39, 0.29) is 47.2 Å². The molecule has 2 aliphatic heterocycles. The number of piperidine rings is 1. The molecule has 64 heavy (non-hydrogen) atoms. The third kappa shape index (κ3) is 7.01. The molecule has 5 aliphatic rings. The standard InChI is InChI=1S/C50H56N8O6/c1-25(2)41(55-48(61)63-6)46(59)57-24-50(16-17-50)22-40(57)44-51-23-39(54-44)30-10-14-34-33-13-9-28(19-35(33)27(5)36(34)20-30)29-11-15-37-38(21-29)53-45(52-37)43-31-8-12-32(18-31)58(43)47(60)42(26(3)4)56-49(62)64-7/h9-11,13-15,19-21,23,25-26,31-32,40-43H,5,8,12,16-18,22,24H2,1-4,6-7H3,(H,51,54)(H,52,53)(H,55,61)(H,56,62)/t31-,32+,40-,41+,42-,43-/m0/s1. The number of hydrogen-bond donors (Lipinski definition) is 4. The predicted molar refractivity (Wildman–Crippen MR) is 242 cm³/mol. The Labute approximate surface area is 372 Å². The summed E-state index contributed by atoms with van der Waals surface area (Å²) in [4.78, 5) is 73.5. The summed E-state index contributed by atoms with van der Waals surface area (Å²) in [7, 11) is 2.62. The van der Waals surface area contributed by atoms with Crippen molar-refractivity contribution >= 4 is 40.6 Å². The van der Waals surface area contributed by atoms with E-state index >= 15 is 0 Å². The van der Waals surface area contributed by atoms with Crippen LogP contribution in [0.15, 0.2) is 67.4 Å². The fraction of sp³-hybridized carbons (Fsp3) is 0.440. The minimum absolute atomic E-state index is 0.0951. The number of aromatic amines is 2. The highest BCUT2D eigenvalue weighted by atomic mass is 16.5. The Morgan fingerprint density at radius 3 is 2.06 bits per heavy atom. The van der Waals surface area contributed by atoms with Gasteiger partial charge in [0.2, 0.25) is 11.8 Å². The molecule has 2 saturated carbocycles. The zero-order valence-corrected chi connectivity index (χ0v) is 37.3. The van der Waals surface area contributed by atoms with Crippen LogP contribution in [0.2, 0.25) is 0 Å². The Kier molecular flexibility index (Phi) is 10.2. The molecular formula is C50H56N8O6. The molecule has 5 aromatic rings. The summed E-state index contributed by atoms with van der Waals surface area (Å²) in [6, 6.07) is 17.5. The highest BCUT2D eigenvalue weighted by Gasteiger charge is 2.55. The SMILES string of the molecule is C=C1c2cc(-c3ccc4nc([C@@H]5[C@H]6CC[C@H](C6)N5C(=O)[C@@H](NC(=O)OC)C(C)C)[nH]c4c3)ccc2-c2ccc(-c3cnc([C@@H]4CC5(CC5)CN4C(=O)[C@H](NC(=O)OC)C(C)C)[nH]3)cc21. The van der Waals surface area contributed by atoms with Gasteiger partial charge in [-0.25, -0.2) is 19.6 Å². The Bertz CT molecular complexity index is 2730. The number of carbonyl (C=O) groups is 4. The number of rotatable bonds is 10. The maximum atomic E-state index is 14.1. The quantitative estimate of drug-likeness (QED) is 0.106. The van der Waals surface area contributed by atoms with Gasteiger partial charge in [-0.3, -0.25) is 9.59 Å². The summed E-state index contributed by atoms with van der Waals surface area (Å²) in [5, 5.41) is 5.54. The highest BCUT2D eigenvalue weighted by molar-refractivity contribution is 6.02. The minimum Gasteiger partial charge on any atom is -0.453 e. The molecule has 1 spiro atoms. The first kappa shape index (κ1) is 41.6. The van der Waals surface area contributed by atoms with Crippen molar-refractivity contribution in [2.45, 2.75) is 96.4 Å². The van der Waals surface area contributed by atoms with Crippen LogP contribution in [0.4, 0.5) is 9.59 Å². The van der Waals surface area contributed by atoms with Gasteiger partial charge in [0.1, 0.15) is 23.7 Å². The molecule has 10 rings (SSSR count). The monoisotopic (exact) mass is 864 g/mol. The van der Waals surface area contributed by atoms with E-state index in [1.165, 1.54) is 14.2 Å². The number of alkyl carbamates (subject to hydrolysis) is 2. The van der Waals surface area contributed by atoms with Gasteiger partial charge in [0, 0.05) is 18.2 Å². The summed E-state index contributed by atoms with van der Waals surface area (Å²) in [6.45, 7) is 12.9. The molecule has 14 nitrogen and oxygen atoms in total. The maximum absolute atomic E-state index is 14.1. The molecule has 4 amide bonds. The van der Waals surface area contributed by atoms with Gasteiger partial charge >= 0.3 is 12.2 Å². The first-order valence-electron chi connectivity index (χ1n) is 22.6. The Balaban J connectivity index is 0.881. The van der Waals surface area contributed by atoms with Gasteiger partial charge in [-0.1, -0.05) is 64.6 Å². The van der Waals surface area contributed by atoms with E-state index in [4.69, 9.17) is 19.4 Å². The summed E-state index contributed by atoms with van der Waals surface area (Å²) in [5.74, 6) is 1.38. The number of amides is 4. The number of ether oxygens (including phenoxy) is 2. The van der Waals surface area contributed by atoms with Crippen molar-refractivity contribution in [1.82, 2.24) is 40.4 Å². The van der Waals surface area contributed by atoms with Crippen LogP contribution in [0.25, 0.3) is 50.1 Å². The molecule has 4 N–H and O–H groups in total. The Hall–Kier alpha value is -6.44. The van der Waals surface area contributed by atoms with Gasteiger partial charge < -0.3 is 39.9 Å². The topological polar surface area (TPSA) is 175 Å². The third-order valence-corrected chi connectivity index (χ3v) is 14.7. The van der Waals surface area contributed by atoms with Gasteiger partial charge in [-0.05, 0) is 125 Å². The summed E-state index contributed by atoms with van der Waals surface area (Å²) in [5.41, 5.74) is 11.1. The second-order valence-corrected chi connectivity index (χ2v) is 19.4. The van der Waals surface area contributed by atoms with E-state index in [1.807, 2.05) is 49.8 Å². The number of nitrogens with one attached hydrogen (secondary N) is 4. The smallest absolute Gasteiger partial charge is 0.407 e. The number of methoxy groups -OCH3 is 2. The van der Waals surface area contributed by atoms with Crippen molar-refractivity contribution in [3.8, 4) is 33.5 Å². The molecule has 2 bridgehead atoms. The molecule has 4 fully saturated rings. The van der Waals surface area contributed by atoms with Crippen LogP contribution in [-0.4, -0.2) is 92.6 Å². The van der Waals surface area contributed by atoms with Gasteiger partial charge in [-0.2, -0.15) is 0 Å². The molecule has 0 unspecified atom stereocenters. The maximum Gasteiger partial charge on any atom is 0.407 e. The molecule has 0 radical (unpaired) electrons. The number of aromatic nitrogens is 4. The van der Waals surface area contributed by atoms with E-state index in [0.29, 0.717) is 12.5 Å².